The molecule has 0 aliphatic carbocycles. The van der Waals surface area contributed by atoms with Gasteiger partial charge in [0.2, 0.25) is 11.9 Å². The van der Waals surface area contributed by atoms with Crippen LogP contribution < -0.4 is 20.4 Å². The second-order valence-electron chi connectivity index (χ2n) is 12.6. The summed E-state index contributed by atoms with van der Waals surface area (Å²) in [5.74, 6) is 0.688. The zero-order chi connectivity index (χ0) is 31.6. The number of anilines is 4. The van der Waals surface area contributed by atoms with Crippen LogP contribution in [0.2, 0.25) is 0 Å². The number of carbonyl (C=O) groups excluding carboxylic acids is 3. The fourth-order valence-corrected chi connectivity index (χ4v) is 5.85. The van der Waals surface area contributed by atoms with Gasteiger partial charge in [-0.05, 0) is 64.6 Å². The number of likely N-dealkylation sites (N-methyl/N-ethyl adjacent to an activating group) is 1. The van der Waals surface area contributed by atoms with E-state index in [2.05, 4.69) is 56.2 Å². The zero-order valence-corrected chi connectivity index (χ0v) is 26.2. The van der Waals surface area contributed by atoms with Crippen LogP contribution in [-0.4, -0.2) is 114 Å². The predicted molar refractivity (Wildman–Crippen MR) is 169 cm³/mol. The third kappa shape index (κ3) is 7.04. The van der Waals surface area contributed by atoms with E-state index in [4.69, 9.17) is 4.74 Å². The van der Waals surface area contributed by atoms with Gasteiger partial charge in [-0.15, -0.1) is 0 Å². The Morgan fingerprint density at radius 2 is 1.77 bits per heavy atom. The van der Waals surface area contributed by atoms with E-state index in [0.717, 1.165) is 37.4 Å². The van der Waals surface area contributed by atoms with Crippen molar-refractivity contribution < 1.29 is 19.1 Å². The van der Waals surface area contributed by atoms with Crippen LogP contribution in [0.25, 0.3) is 0 Å². The summed E-state index contributed by atoms with van der Waals surface area (Å²) in [6, 6.07) is 7.03. The molecular formula is C31H43N9O4. The summed E-state index contributed by atoms with van der Waals surface area (Å²) < 4.78 is 5.49. The minimum Gasteiger partial charge on any atom is -0.444 e. The smallest absolute Gasteiger partial charge is 0.408 e. The number of piperazine rings is 1. The molecule has 0 unspecified atom stereocenters. The number of likely N-dealkylation sites (tertiary alicyclic amines) is 1. The third-order valence-corrected chi connectivity index (χ3v) is 8.19. The molecule has 2 atom stereocenters. The van der Waals surface area contributed by atoms with Gasteiger partial charge in [-0.1, -0.05) is 6.58 Å². The Kier molecular flexibility index (Phi) is 8.95. The Morgan fingerprint density at radius 3 is 2.43 bits per heavy atom. The highest BCUT2D eigenvalue weighted by molar-refractivity contribution is 5.93. The third-order valence-electron chi connectivity index (χ3n) is 8.19. The lowest BCUT2D eigenvalue weighted by Gasteiger charge is -2.46. The van der Waals surface area contributed by atoms with E-state index >= 15 is 0 Å². The molecule has 13 nitrogen and oxygen atoms in total. The molecule has 0 saturated carbocycles. The number of ether oxygens (including phenoxy) is 1. The average Bonchev–Trinajstić information content (AvgIpc) is 2.99. The van der Waals surface area contributed by atoms with Crippen molar-refractivity contribution in [2.24, 2.45) is 0 Å². The molecule has 2 N–H and O–H groups in total. The van der Waals surface area contributed by atoms with E-state index < -0.39 is 17.7 Å². The normalized spacial score (nSPS) is 21.1. The van der Waals surface area contributed by atoms with Gasteiger partial charge in [0.25, 0.3) is 0 Å². The molecule has 236 valence electrons. The number of piperidine rings is 1. The number of urea groups is 1. The van der Waals surface area contributed by atoms with Crippen molar-refractivity contribution in [3.05, 3.63) is 48.7 Å². The van der Waals surface area contributed by atoms with E-state index in [1.807, 2.05) is 12.1 Å². The number of alkyl carbamates (subject to hydrolysis) is 1. The van der Waals surface area contributed by atoms with Crippen molar-refractivity contribution in [2.75, 3.05) is 68.5 Å². The summed E-state index contributed by atoms with van der Waals surface area (Å²) in [5.41, 5.74) is 2.12. The lowest BCUT2D eigenvalue weighted by molar-refractivity contribution is -0.128. The molecule has 13 heteroatoms. The molecule has 0 radical (unpaired) electrons. The lowest BCUT2D eigenvalue weighted by atomic mass is 9.96. The predicted octanol–water partition coefficient (Wildman–Crippen LogP) is 3.02. The van der Waals surface area contributed by atoms with E-state index in [1.165, 1.54) is 16.7 Å². The number of nitrogens with zero attached hydrogens (tertiary/aromatic N) is 7. The molecule has 3 aliphatic rings. The van der Waals surface area contributed by atoms with E-state index in [1.54, 1.807) is 43.8 Å². The van der Waals surface area contributed by atoms with Gasteiger partial charge in [-0.25, -0.2) is 14.6 Å². The first-order chi connectivity index (χ1) is 20.9. The number of nitrogens with one attached hydrogen (secondary N) is 2. The fourth-order valence-electron chi connectivity index (χ4n) is 5.85. The highest BCUT2D eigenvalue weighted by Crippen LogP contribution is 2.31. The number of carbonyl (C=O) groups is 3. The Bertz CT molecular complexity index is 1390. The van der Waals surface area contributed by atoms with Crippen LogP contribution in [0, 0.1) is 0 Å². The number of fused-ring (bicyclic) bond motifs is 1. The second kappa shape index (κ2) is 12.7. The van der Waals surface area contributed by atoms with Crippen molar-refractivity contribution in [1.29, 1.82) is 0 Å². The molecule has 4 amide bonds. The molecule has 1 aromatic heterocycles. The van der Waals surface area contributed by atoms with Gasteiger partial charge >= 0.3 is 12.1 Å². The molecule has 2 saturated heterocycles. The van der Waals surface area contributed by atoms with Crippen molar-refractivity contribution in [3.63, 3.8) is 0 Å². The van der Waals surface area contributed by atoms with Gasteiger partial charge in [0, 0.05) is 69.5 Å². The van der Waals surface area contributed by atoms with Crippen LogP contribution in [0.4, 0.5) is 32.7 Å². The Hall–Kier alpha value is -4.39. The molecule has 4 heterocycles. The number of amides is 4. The van der Waals surface area contributed by atoms with E-state index in [-0.39, 0.29) is 31.1 Å². The quantitative estimate of drug-likeness (QED) is 0.478. The molecule has 44 heavy (non-hydrogen) atoms. The highest BCUT2D eigenvalue weighted by Gasteiger charge is 2.42. The van der Waals surface area contributed by atoms with Crippen LogP contribution in [0.5, 0.6) is 0 Å². The first-order valence-electron chi connectivity index (χ1n) is 15.0. The van der Waals surface area contributed by atoms with Crippen molar-refractivity contribution in [2.45, 2.75) is 51.4 Å². The summed E-state index contributed by atoms with van der Waals surface area (Å²) >= 11 is 0. The van der Waals surface area contributed by atoms with Crippen LogP contribution in [0.15, 0.2) is 43.1 Å². The average molecular weight is 606 g/mol. The summed E-state index contributed by atoms with van der Waals surface area (Å²) in [5, 5.41) is 6.17. The number of hydrogen-bond acceptors (Lipinski definition) is 9. The summed E-state index contributed by atoms with van der Waals surface area (Å²) in [7, 11) is 3.82. The van der Waals surface area contributed by atoms with Gasteiger partial charge in [-0.2, -0.15) is 4.98 Å². The molecule has 2 aromatic rings. The number of benzene rings is 1. The Morgan fingerprint density at radius 1 is 1.07 bits per heavy atom. The first kappa shape index (κ1) is 31.0. The van der Waals surface area contributed by atoms with Crippen molar-refractivity contribution >= 4 is 41.2 Å². The van der Waals surface area contributed by atoms with Crippen molar-refractivity contribution in [1.82, 2.24) is 30.0 Å². The topological polar surface area (TPSA) is 126 Å². The SMILES string of the molecule is C=CC(=O)N1CC[C@H](N2Cc3cnc(Nc4ccc(N5CCN(C)CC5)cc4)nc3N(C)C2=O)[C@H](NC(=O)OC(C)(C)C)C1. The molecule has 3 aliphatic heterocycles. The zero-order valence-electron chi connectivity index (χ0n) is 26.2. The summed E-state index contributed by atoms with van der Waals surface area (Å²) in [6.45, 7) is 13.9. The highest BCUT2D eigenvalue weighted by atomic mass is 16.6. The van der Waals surface area contributed by atoms with Gasteiger partial charge in [0.1, 0.15) is 11.4 Å². The minimum absolute atomic E-state index is 0.224. The van der Waals surface area contributed by atoms with Gasteiger partial charge in [-0.3, -0.25) is 9.69 Å². The molecule has 5 rings (SSSR count). The van der Waals surface area contributed by atoms with Crippen LogP contribution in [0.3, 0.4) is 0 Å². The van der Waals surface area contributed by atoms with E-state index in [9.17, 15) is 14.4 Å². The van der Waals surface area contributed by atoms with Crippen LogP contribution >= 0.6 is 0 Å². The standard InChI is InChI=1S/C31H43N9O4/c1-7-26(41)39-13-12-25(24(20-39)34-29(42)44-31(2,3)4)40-19-21-18-32-28(35-27(21)37(6)30(40)43)33-22-8-10-23(11-9-22)38-16-14-36(5)15-17-38/h7-11,18,24-25H,1,12-17,19-20H2,2-6H3,(H,34,42)(H,32,33,35)/t24-,25+/m1/s1. The monoisotopic (exact) mass is 605 g/mol. The molecule has 0 bridgehead atoms. The minimum atomic E-state index is -0.694. The largest absolute Gasteiger partial charge is 0.444 e. The number of hydrogen-bond donors (Lipinski definition) is 2. The Labute approximate surface area is 258 Å². The molecule has 1 aromatic carbocycles. The van der Waals surface area contributed by atoms with Gasteiger partial charge in [0.15, 0.2) is 0 Å². The van der Waals surface area contributed by atoms with Gasteiger partial charge in [0.05, 0.1) is 18.6 Å². The van der Waals surface area contributed by atoms with Crippen LogP contribution in [-0.2, 0) is 16.1 Å². The van der Waals surface area contributed by atoms with Crippen LogP contribution in [0.1, 0.15) is 32.8 Å². The first-order valence-corrected chi connectivity index (χ1v) is 15.0. The molecule has 2 fully saturated rings. The maximum absolute atomic E-state index is 13.7. The maximum Gasteiger partial charge on any atom is 0.408 e. The molecule has 0 spiro atoms. The van der Waals surface area contributed by atoms with Crippen molar-refractivity contribution in [3.8, 4) is 0 Å². The number of rotatable bonds is 6. The molecular weight excluding hydrogens is 562 g/mol. The fraction of sp³-hybridized carbons (Fsp3) is 0.516. The summed E-state index contributed by atoms with van der Waals surface area (Å²) in [6.07, 6.45) is 2.85. The Balaban J connectivity index is 1.30. The lowest BCUT2D eigenvalue weighted by Crippen LogP contribution is -2.64. The van der Waals surface area contributed by atoms with E-state index in [0.29, 0.717) is 24.7 Å². The van der Waals surface area contributed by atoms with Gasteiger partial charge < -0.3 is 35.0 Å². The summed E-state index contributed by atoms with van der Waals surface area (Å²) in [4.78, 5) is 57.6. The number of aromatic nitrogens is 2. The second-order valence-corrected chi connectivity index (χ2v) is 12.6. The maximum atomic E-state index is 13.7.